The van der Waals surface area contributed by atoms with Crippen molar-refractivity contribution in [1.82, 2.24) is 5.32 Å². The van der Waals surface area contributed by atoms with E-state index in [-0.39, 0.29) is 23.4 Å². The Bertz CT molecular complexity index is 1110. The molecule has 0 unspecified atom stereocenters. The Kier molecular flexibility index (Phi) is 5.82. The minimum atomic E-state index is -1.15. The lowest BCUT2D eigenvalue weighted by molar-refractivity contribution is -0.138. The zero-order chi connectivity index (χ0) is 21.0. The second-order valence-corrected chi connectivity index (χ2v) is 6.47. The molecule has 0 spiro atoms. The molecule has 8 heteroatoms. The summed E-state index contributed by atoms with van der Waals surface area (Å²) >= 11 is 0. The quantitative estimate of drug-likeness (QED) is 0.630. The molecule has 0 radical (unpaired) electrons. The first-order valence-corrected chi connectivity index (χ1v) is 8.75. The summed E-state index contributed by atoms with van der Waals surface area (Å²) in [5, 5.41) is 11.0. The van der Waals surface area contributed by atoms with Gasteiger partial charge in [0.2, 0.25) is 11.2 Å². The van der Waals surface area contributed by atoms with Crippen LogP contribution in [0.1, 0.15) is 11.1 Å². The maximum atomic E-state index is 12.7. The number of hydrogen-bond acceptors (Lipinski definition) is 6. The zero-order valence-electron chi connectivity index (χ0n) is 15.9. The van der Waals surface area contributed by atoms with Crippen molar-refractivity contribution in [1.29, 1.82) is 0 Å². The Hall–Kier alpha value is -3.81. The van der Waals surface area contributed by atoms with Crippen molar-refractivity contribution in [3.63, 3.8) is 0 Å². The maximum absolute atomic E-state index is 12.7. The number of aliphatic carboxylic acids is 1. The molecule has 0 saturated heterocycles. The summed E-state index contributed by atoms with van der Waals surface area (Å²) in [5.41, 5.74) is 1.96. The first-order valence-electron chi connectivity index (χ1n) is 8.75. The van der Waals surface area contributed by atoms with Gasteiger partial charge in [-0.2, -0.15) is 0 Å². The number of benzene rings is 2. The summed E-state index contributed by atoms with van der Waals surface area (Å²) in [7, 11) is 0. The molecule has 0 bridgehead atoms. The van der Waals surface area contributed by atoms with Crippen LogP contribution in [0.25, 0.3) is 11.0 Å². The molecule has 1 heterocycles. The molecule has 0 atom stereocenters. The van der Waals surface area contributed by atoms with Crippen molar-refractivity contribution < 1.29 is 28.6 Å². The van der Waals surface area contributed by atoms with E-state index in [1.165, 1.54) is 24.5 Å². The van der Waals surface area contributed by atoms with Gasteiger partial charge in [0, 0.05) is 6.07 Å². The van der Waals surface area contributed by atoms with Crippen molar-refractivity contribution in [3.8, 4) is 17.2 Å². The van der Waals surface area contributed by atoms with Crippen LogP contribution in [0, 0.1) is 13.8 Å². The molecule has 0 aliphatic heterocycles. The molecule has 29 heavy (non-hydrogen) atoms. The van der Waals surface area contributed by atoms with E-state index in [2.05, 4.69) is 5.32 Å². The van der Waals surface area contributed by atoms with Gasteiger partial charge in [-0.3, -0.25) is 14.4 Å². The highest BCUT2D eigenvalue weighted by Crippen LogP contribution is 2.25. The highest BCUT2D eigenvalue weighted by atomic mass is 16.5. The number of rotatable bonds is 7. The Morgan fingerprint density at radius 1 is 1.07 bits per heavy atom. The minimum absolute atomic E-state index is 0.0595. The van der Waals surface area contributed by atoms with Crippen molar-refractivity contribution in [2.24, 2.45) is 0 Å². The summed E-state index contributed by atoms with van der Waals surface area (Å²) in [6.07, 6.45) is 1.23. The highest BCUT2D eigenvalue weighted by molar-refractivity contribution is 5.82. The number of hydrogen-bond donors (Lipinski definition) is 2. The fourth-order valence-electron chi connectivity index (χ4n) is 2.74. The predicted octanol–water partition coefficient (Wildman–Crippen LogP) is 2.78. The molecular formula is C21H19NO7. The number of aryl methyl sites for hydroxylation is 2. The number of ether oxygens (including phenoxy) is 2. The summed E-state index contributed by atoms with van der Waals surface area (Å²) in [4.78, 5) is 34.6. The van der Waals surface area contributed by atoms with Crippen LogP contribution < -0.4 is 20.2 Å². The number of fused-ring (bicyclic) bond motifs is 1. The van der Waals surface area contributed by atoms with Crippen LogP contribution in [0.4, 0.5) is 0 Å². The van der Waals surface area contributed by atoms with Crippen LogP contribution in [0.15, 0.2) is 51.9 Å². The number of carbonyl (C=O) groups is 2. The third kappa shape index (κ3) is 5.13. The lowest BCUT2D eigenvalue weighted by Crippen LogP contribution is -2.33. The number of amides is 1. The summed E-state index contributed by atoms with van der Waals surface area (Å²) in [6.45, 7) is 3.02. The van der Waals surface area contributed by atoms with Crippen LogP contribution in [0.5, 0.6) is 17.2 Å². The number of carbonyl (C=O) groups excluding carboxylic acids is 1. The summed E-state index contributed by atoms with van der Waals surface area (Å²) in [5.74, 6) is -0.824. The molecule has 3 rings (SSSR count). The van der Waals surface area contributed by atoms with E-state index in [9.17, 15) is 14.4 Å². The van der Waals surface area contributed by atoms with Gasteiger partial charge < -0.3 is 24.3 Å². The third-order valence-corrected chi connectivity index (χ3v) is 3.94. The average molecular weight is 397 g/mol. The lowest BCUT2D eigenvalue weighted by atomic mass is 10.1. The predicted molar refractivity (Wildman–Crippen MR) is 105 cm³/mol. The summed E-state index contributed by atoms with van der Waals surface area (Å²) in [6, 6.07) is 10.2. The molecule has 1 amide bonds. The van der Waals surface area contributed by atoms with Crippen molar-refractivity contribution in [3.05, 3.63) is 64.0 Å². The molecule has 150 valence electrons. The van der Waals surface area contributed by atoms with Gasteiger partial charge in [0.25, 0.3) is 5.91 Å². The molecule has 0 saturated carbocycles. The van der Waals surface area contributed by atoms with Crippen LogP contribution in [0.2, 0.25) is 0 Å². The van der Waals surface area contributed by atoms with E-state index in [1.807, 2.05) is 32.0 Å². The van der Waals surface area contributed by atoms with E-state index < -0.39 is 18.4 Å². The Balaban J connectivity index is 1.76. The van der Waals surface area contributed by atoms with E-state index in [0.29, 0.717) is 16.9 Å². The smallest absolute Gasteiger partial charge is 0.322 e. The average Bonchev–Trinajstić information content (AvgIpc) is 2.66. The number of nitrogens with one attached hydrogen (secondary N) is 1. The van der Waals surface area contributed by atoms with Crippen LogP contribution in [0.3, 0.4) is 0 Å². The van der Waals surface area contributed by atoms with E-state index in [4.69, 9.17) is 19.0 Å². The molecule has 0 fully saturated rings. The van der Waals surface area contributed by atoms with E-state index in [1.54, 1.807) is 0 Å². The van der Waals surface area contributed by atoms with Gasteiger partial charge in [-0.1, -0.05) is 6.07 Å². The topological polar surface area (TPSA) is 115 Å². The molecule has 2 N–H and O–H groups in total. The first-order chi connectivity index (χ1) is 13.8. The molecular weight excluding hydrogens is 378 g/mol. The van der Waals surface area contributed by atoms with Gasteiger partial charge in [-0.25, -0.2) is 0 Å². The van der Waals surface area contributed by atoms with Crippen molar-refractivity contribution >= 4 is 22.8 Å². The monoisotopic (exact) mass is 397 g/mol. The van der Waals surface area contributed by atoms with Gasteiger partial charge >= 0.3 is 5.97 Å². The second kappa shape index (κ2) is 8.47. The molecule has 3 aromatic rings. The molecule has 2 aromatic carbocycles. The molecule has 0 aliphatic carbocycles. The lowest BCUT2D eigenvalue weighted by Gasteiger charge is -2.09. The van der Waals surface area contributed by atoms with Gasteiger partial charge in [0.15, 0.2) is 6.61 Å². The van der Waals surface area contributed by atoms with Gasteiger partial charge in [0.1, 0.15) is 29.9 Å². The van der Waals surface area contributed by atoms with E-state index >= 15 is 0 Å². The Morgan fingerprint density at radius 2 is 1.79 bits per heavy atom. The maximum Gasteiger partial charge on any atom is 0.322 e. The third-order valence-electron chi connectivity index (χ3n) is 3.94. The van der Waals surface area contributed by atoms with Crippen LogP contribution >= 0.6 is 0 Å². The Labute approximate surface area is 165 Å². The normalized spacial score (nSPS) is 10.6. The molecule has 8 nitrogen and oxygen atoms in total. The van der Waals surface area contributed by atoms with E-state index in [0.717, 1.165) is 11.1 Å². The van der Waals surface area contributed by atoms with Crippen LogP contribution in [-0.4, -0.2) is 30.1 Å². The minimum Gasteiger partial charge on any atom is -0.484 e. The summed E-state index contributed by atoms with van der Waals surface area (Å²) < 4.78 is 16.5. The van der Waals surface area contributed by atoms with Crippen LogP contribution in [-0.2, 0) is 9.59 Å². The van der Waals surface area contributed by atoms with Gasteiger partial charge in [-0.15, -0.1) is 0 Å². The SMILES string of the molecule is Cc1cc(C)cc(Oc2coc3cc(OCC(=O)NCC(=O)O)ccc3c2=O)c1. The fraction of sp³-hybridized carbons (Fsp3) is 0.190. The first kappa shape index (κ1) is 19.9. The van der Waals surface area contributed by atoms with Crippen molar-refractivity contribution in [2.45, 2.75) is 13.8 Å². The van der Waals surface area contributed by atoms with Crippen molar-refractivity contribution in [2.75, 3.05) is 13.2 Å². The molecule has 1 aromatic heterocycles. The zero-order valence-corrected chi connectivity index (χ0v) is 15.9. The number of carboxylic acid groups (broad SMARTS) is 1. The highest BCUT2D eigenvalue weighted by Gasteiger charge is 2.12. The molecule has 0 aliphatic rings. The fourth-order valence-corrected chi connectivity index (χ4v) is 2.74. The second-order valence-electron chi connectivity index (χ2n) is 6.47. The Morgan fingerprint density at radius 3 is 2.48 bits per heavy atom. The number of carboxylic acids is 1. The standard InChI is InChI=1S/C21H19NO7/c1-12-5-13(2)7-15(6-12)29-18-10-28-17-8-14(3-4-16(17)21(18)26)27-11-19(23)22-9-20(24)25/h3-8,10H,9,11H2,1-2H3,(H,22,23)(H,24,25). The van der Waals surface area contributed by atoms with Gasteiger partial charge in [-0.05, 0) is 49.2 Å². The largest absolute Gasteiger partial charge is 0.484 e. The van der Waals surface area contributed by atoms with Gasteiger partial charge in [0.05, 0.1) is 5.39 Å².